The number of carboxylic acid groups (broad SMARTS) is 3. The van der Waals surface area contributed by atoms with E-state index in [1.54, 1.807) is 24.3 Å². The van der Waals surface area contributed by atoms with E-state index in [1.165, 1.54) is 30.3 Å². The molecule has 3 rings (SSSR count). The molecule has 0 spiro atoms. The lowest BCUT2D eigenvalue weighted by Crippen LogP contribution is -2.09. The number of carbonyl (C=O) groups is 3. The second-order valence-electron chi connectivity index (χ2n) is 5.42. The number of aromatic carboxylic acids is 3. The Morgan fingerprint density at radius 3 is 2.08 bits per heavy atom. The zero-order valence-corrected chi connectivity index (χ0v) is 13.2. The molecular weight excluding hydrogens is 340 g/mol. The summed E-state index contributed by atoms with van der Waals surface area (Å²) in [6, 6.07) is 13.3. The zero-order valence-electron chi connectivity index (χ0n) is 13.2. The van der Waals surface area contributed by atoms with Crippen molar-refractivity contribution in [1.29, 1.82) is 0 Å². The van der Waals surface area contributed by atoms with Crippen molar-refractivity contribution in [2.45, 2.75) is 0 Å². The van der Waals surface area contributed by atoms with Crippen molar-refractivity contribution in [3.05, 3.63) is 71.3 Å². The van der Waals surface area contributed by atoms with E-state index in [-0.39, 0.29) is 16.9 Å². The van der Waals surface area contributed by atoms with Crippen LogP contribution < -0.4 is 4.74 Å². The summed E-state index contributed by atoms with van der Waals surface area (Å²) in [6.45, 7) is 0. The smallest absolute Gasteiger partial charge is 0.340 e. The van der Waals surface area contributed by atoms with Crippen LogP contribution in [0.2, 0.25) is 0 Å². The molecule has 0 amide bonds. The molecule has 3 aromatic carbocycles. The lowest BCUT2D eigenvalue weighted by Gasteiger charge is -2.11. The first-order valence-corrected chi connectivity index (χ1v) is 7.41. The van der Waals surface area contributed by atoms with Crippen LogP contribution in [0.15, 0.2) is 54.6 Å². The van der Waals surface area contributed by atoms with Crippen LogP contribution in [0.3, 0.4) is 0 Å². The Balaban J connectivity index is 2.03. The molecule has 0 aromatic heterocycles. The van der Waals surface area contributed by atoms with Gasteiger partial charge < -0.3 is 20.1 Å². The molecule has 0 unspecified atom stereocenters. The van der Waals surface area contributed by atoms with E-state index in [4.69, 9.17) is 14.9 Å². The van der Waals surface area contributed by atoms with Crippen molar-refractivity contribution in [1.82, 2.24) is 0 Å². The van der Waals surface area contributed by atoms with Crippen molar-refractivity contribution in [3.8, 4) is 11.5 Å². The van der Waals surface area contributed by atoms with Crippen LogP contribution in [-0.4, -0.2) is 33.2 Å². The van der Waals surface area contributed by atoms with E-state index in [9.17, 15) is 19.5 Å². The number of ether oxygens (including phenoxy) is 1. The molecule has 3 aromatic rings. The summed E-state index contributed by atoms with van der Waals surface area (Å²) in [6.07, 6.45) is 0. The number of hydrogen-bond donors (Lipinski definition) is 3. The number of hydrogen-bond acceptors (Lipinski definition) is 4. The summed E-state index contributed by atoms with van der Waals surface area (Å²) in [5.41, 5.74) is -0.670. The van der Waals surface area contributed by atoms with E-state index in [1.807, 2.05) is 0 Å². The highest BCUT2D eigenvalue weighted by atomic mass is 16.5. The maximum absolute atomic E-state index is 11.5. The Hall–Kier alpha value is -3.87. The minimum atomic E-state index is -1.41. The lowest BCUT2D eigenvalue weighted by atomic mass is 10.1. The molecule has 0 heterocycles. The van der Waals surface area contributed by atoms with Gasteiger partial charge in [0.1, 0.15) is 17.1 Å². The number of rotatable bonds is 5. The van der Waals surface area contributed by atoms with Gasteiger partial charge in [-0.15, -0.1) is 0 Å². The Kier molecular flexibility index (Phi) is 4.28. The number of carboxylic acids is 3. The predicted molar refractivity (Wildman–Crippen MR) is 91.3 cm³/mol. The van der Waals surface area contributed by atoms with E-state index < -0.39 is 23.5 Å². The highest BCUT2D eigenvalue weighted by molar-refractivity contribution is 6.03. The van der Waals surface area contributed by atoms with Gasteiger partial charge >= 0.3 is 17.9 Å². The van der Waals surface area contributed by atoms with Crippen molar-refractivity contribution in [2.75, 3.05) is 0 Å². The highest BCUT2D eigenvalue weighted by Crippen LogP contribution is 2.30. The first-order valence-electron chi connectivity index (χ1n) is 7.41. The summed E-state index contributed by atoms with van der Waals surface area (Å²) in [5, 5.41) is 28.9. The van der Waals surface area contributed by atoms with Gasteiger partial charge in [-0.2, -0.15) is 0 Å². The fourth-order valence-electron chi connectivity index (χ4n) is 2.56. The first-order chi connectivity index (χ1) is 12.4. The third-order valence-corrected chi connectivity index (χ3v) is 3.76. The van der Waals surface area contributed by atoms with Crippen molar-refractivity contribution < 1.29 is 34.4 Å². The standard InChI is InChI=1S/C19H12O7/c20-17(21)12-5-4-11-9-13(7-6-10(11)8-12)26-15-3-1-2-14(18(22)23)16(15)19(24)25/h1-9H,(H,20,21)(H,22,23)(H,24,25). The monoisotopic (exact) mass is 352 g/mol. The summed E-state index contributed by atoms with van der Waals surface area (Å²) in [5.74, 6) is -3.62. The maximum atomic E-state index is 11.5. The largest absolute Gasteiger partial charge is 0.478 e. The van der Waals surface area contributed by atoms with Gasteiger partial charge in [0, 0.05) is 0 Å². The summed E-state index contributed by atoms with van der Waals surface area (Å²) in [7, 11) is 0. The minimum Gasteiger partial charge on any atom is -0.478 e. The van der Waals surface area contributed by atoms with Crippen LogP contribution in [0.1, 0.15) is 31.1 Å². The highest BCUT2D eigenvalue weighted by Gasteiger charge is 2.21. The average Bonchev–Trinajstić information content (AvgIpc) is 2.60. The molecule has 0 aliphatic carbocycles. The second-order valence-corrected chi connectivity index (χ2v) is 5.42. The zero-order chi connectivity index (χ0) is 18.8. The maximum Gasteiger partial charge on any atom is 0.340 e. The predicted octanol–water partition coefficient (Wildman–Crippen LogP) is 3.73. The third-order valence-electron chi connectivity index (χ3n) is 3.76. The topological polar surface area (TPSA) is 121 Å². The summed E-state index contributed by atoms with van der Waals surface area (Å²) < 4.78 is 5.59. The van der Waals surface area contributed by atoms with E-state index in [2.05, 4.69) is 0 Å². The Bertz CT molecular complexity index is 1050. The number of fused-ring (bicyclic) bond motifs is 1. The normalized spacial score (nSPS) is 10.5. The van der Waals surface area contributed by atoms with Gasteiger partial charge in [-0.05, 0) is 47.2 Å². The van der Waals surface area contributed by atoms with Gasteiger partial charge in [0.15, 0.2) is 0 Å². The van der Waals surface area contributed by atoms with Crippen LogP contribution in [0.25, 0.3) is 10.8 Å². The molecule has 26 heavy (non-hydrogen) atoms. The van der Waals surface area contributed by atoms with Crippen LogP contribution in [-0.2, 0) is 0 Å². The molecule has 0 aliphatic rings. The quantitative estimate of drug-likeness (QED) is 0.639. The molecule has 0 saturated carbocycles. The van der Waals surface area contributed by atoms with Gasteiger partial charge in [-0.3, -0.25) is 0 Å². The van der Waals surface area contributed by atoms with Crippen LogP contribution in [0.5, 0.6) is 11.5 Å². The van der Waals surface area contributed by atoms with Gasteiger partial charge in [0.05, 0.1) is 11.1 Å². The minimum absolute atomic E-state index is 0.0982. The van der Waals surface area contributed by atoms with Gasteiger partial charge in [0.2, 0.25) is 0 Å². The Morgan fingerprint density at radius 2 is 1.42 bits per heavy atom. The third kappa shape index (κ3) is 3.18. The van der Waals surface area contributed by atoms with Crippen LogP contribution in [0.4, 0.5) is 0 Å². The number of benzene rings is 3. The molecule has 130 valence electrons. The molecule has 0 atom stereocenters. The lowest BCUT2D eigenvalue weighted by molar-refractivity contribution is 0.0649. The Labute approximate surface area is 146 Å². The molecule has 7 heteroatoms. The molecule has 0 radical (unpaired) electrons. The van der Waals surface area contributed by atoms with Gasteiger partial charge in [-0.25, -0.2) is 14.4 Å². The molecule has 0 aliphatic heterocycles. The SMILES string of the molecule is O=C(O)c1ccc2cc(Oc3cccc(C(=O)O)c3C(=O)O)ccc2c1. The average molecular weight is 352 g/mol. The van der Waals surface area contributed by atoms with Crippen LogP contribution >= 0.6 is 0 Å². The Morgan fingerprint density at radius 1 is 0.731 bits per heavy atom. The molecule has 3 N–H and O–H groups in total. The summed E-state index contributed by atoms with van der Waals surface area (Å²) >= 11 is 0. The van der Waals surface area contributed by atoms with E-state index in [0.29, 0.717) is 16.5 Å². The van der Waals surface area contributed by atoms with Gasteiger partial charge in [0.25, 0.3) is 0 Å². The molecule has 0 saturated heterocycles. The molecule has 0 fully saturated rings. The van der Waals surface area contributed by atoms with E-state index in [0.717, 1.165) is 0 Å². The van der Waals surface area contributed by atoms with Gasteiger partial charge in [-0.1, -0.05) is 18.2 Å². The summed E-state index contributed by atoms with van der Waals surface area (Å²) in [4.78, 5) is 33.7. The van der Waals surface area contributed by atoms with Crippen molar-refractivity contribution >= 4 is 28.7 Å². The van der Waals surface area contributed by atoms with Crippen LogP contribution in [0, 0.1) is 0 Å². The van der Waals surface area contributed by atoms with Crippen molar-refractivity contribution in [3.63, 3.8) is 0 Å². The fourth-order valence-corrected chi connectivity index (χ4v) is 2.56. The van der Waals surface area contributed by atoms with E-state index >= 15 is 0 Å². The first kappa shape index (κ1) is 17.0. The fraction of sp³-hybridized carbons (Fsp3) is 0. The second kappa shape index (κ2) is 6.56. The molecule has 7 nitrogen and oxygen atoms in total. The molecule has 0 bridgehead atoms. The van der Waals surface area contributed by atoms with Crippen molar-refractivity contribution in [2.24, 2.45) is 0 Å². The molecular formula is C19H12O7.